The number of nitrogens with zero attached hydrogens (tertiary/aromatic N) is 2. The van der Waals surface area contributed by atoms with Crippen molar-refractivity contribution in [3.8, 4) is 0 Å². The summed E-state index contributed by atoms with van der Waals surface area (Å²) in [5.41, 5.74) is 6.61. The Kier molecular flexibility index (Phi) is 4.96. The number of nitrogens with one attached hydrogen (secondary N) is 1. The summed E-state index contributed by atoms with van der Waals surface area (Å²) in [5.74, 6) is 5.59. The van der Waals surface area contributed by atoms with Crippen LogP contribution in [-0.4, -0.2) is 15.8 Å². The maximum Gasteiger partial charge on any atom is 0.0628 e. The zero-order valence-corrected chi connectivity index (χ0v) is 10.9. The number of hydrogen-bond donors (Lipinski definition) is 2. The molecular formula is C12H24N4. The van der Waals surface area contributed by atoms with E-state index in [-0.39, 0.29) is 0 Å². The number of aryl methyl sites for hydroxylation is 2. The Morgan fingerprint density at radius 3 is 2.56 bits per heavy atom. The fourth-order valence-corrected chi connectivity index (χ4v) is 2.05. The molecule has 1 heterocycles. The molecule has 4 heteroatoms. The van der Waals surface area contributed by atoms with Gasteiger partial charge in [0.1, 0.15) is 0 Å². The molecule has 0 bridgehead atoms. The predicted octanol–water partition coefficient (Wildman–Crippen LogP) is 1.60. The fraction of sp³-hybridized carbons (Fsp3) is 0.750. The van der Waals surface area contributed by atoms with Gasteiger partial charge in [0.25, 0.3) is 0 Å². The number of hydrazine groups is 1. The third kappa shape index (κ3) is 3.06. The van der Waals surface area contributed by atoms with E-state index in [9.17, 15) is 0 Å². The smallest absolute Gasteiger partial charge is 0.0628 e. The van der Waals surface area contributed by atoms with Crippen LogP contribution in [0, 0.1) is 13.8 Å². The maximum absolute atomic E-state index is 5.59. The van der Waals surface area contributed by atoms with Crippen LogP contribution < -0.4 is 11.3 Å². The van der Waals surface area contributed by atoms with E-state index in [2.05, 4.69) is 31.3 Å². The first-order valence-corrected chi connectivity index (χ1v) is 6.05. The topological polar surface area (TPSA) is 55.9 Å². The zero-order chi connectivity index (χ0) is 12.1. The summed E-state index contributed by atoms with van der Waals surface area (Å²) >= 11 is 0. The lowest BCUT2D eigenvalue weighted by Crippen LogP contribution is -2.36. The molecule has 0 spiro atoms. The third-order valence-electron chi connectivity index (χ3n) is 3.25. The molecule has 0 aliphatic rings. The highest BCUT2D eigenvalue weighted by Gasteiger charge is 2.14. The lowest BCUT2D eigenvalue weighted by molar-refractivity contribution is 0.472. The van der Waals surface area contributed by atoms with Crippen LogP contribution in [0.15, 0.2) is 0 Å². The van der Waals surface area contributed by atoms with E-state index in [1.165, 1.54) is 24.1 Å². The molecule has 0 aliphatic heterocycles. The second-order valence-electron chi connectivity index (χ2n) is 4.48. The molecule has 0 saturated carbocycles. The molecule has 92 valence electrons. The molecule has 1 rings (SSSR count). The van der Waals surface area contributed by atoms with E-state index >= 15 is 0 Å². The van der Waals surface area contributed by atoms with Crippen molar-refractivity contribution in [2.75, 3.05) is 0 Å². The molecule has 0 fully saturated rings. The number of aromatic nitrogens is 2. The molecule has 1 unspecified atom stereocenters. The van der Waals surface area contributed by atoms with Crippen molar-refractivity contribution in [2.45, 2.75) is 52.5 Å². The molecule has 16 heavy (non-hydrogen) atoms. The van der Waals surface area contributed by atoms with Crippen molar-refractivity contribution in [3.63, 3.8) is 0 Å². The first-order valence-electron chi connectivity index (χ1n) is 6.05. The van der Waals surface area contributed by atoms with Crippen LogP contribution in [0.25, 0.3) is 0 Å². The van der Waals surface area contributed by atoms with Gasteiger partial charge in [0, 0.05) is 18.8 Å². The Balaban J connectivity index is 2.69. The van der Waals surface area contributed by atoms with Crippen LogP contribution in [0.4, 0.5) is 0 Å². The van der Waals surface area contributed by atoms with Gasteiger partial charge in [0.05, 0.1) is 5.69 Å². The Morgan fingerprint density at radius 1 is 1.44 bits per heavy atom. The quantitative estimate of drug-likeness (QED) is 0.570. The third-order valence-corrected chi connectivity index (χ3v) is 3.25. The van der Waals surface area contributed by atoms with Crippen molar-refractivity contribution in [2.24, 2.45) is 12.9 Å². The molecule has 0 radical (unpaired) electrons. The van der Waals surface area contributed by atoms with E-state index < -0.39 is 0 Å². The first-order chi connectivity index (χ1) is 7.60. The number of unbranched alkanes of at least 4 members (excludes halogenated alkanes) is 1. The minimum atomic E-state index is 0.363. The van der Waals surface area contributed by atoms with Gasteiger partial charge < -0.3 is 0 Å². The second-order valence-corrected chi connectivity index (χ2v) is 4.48. The Hall–Kier alpha value is -0.870. The molecule has 4 nitrogen and oxygen atoms in total. The van der Waals surface area contributed by atoms with Crippen molar-refractivity contribution in [1.82, 2.24) is 15.2 Å². The number of hydrogen-bond acceptors (Lipinski definition) is 3. The largest absolute Gasteiger partial charge is 0.272 e. The Bertz CT molecular complexity index is 330. The summed E-state index contributed by atoms with van der Waals surface area (Å²) in [6.07, 6.45) is 4.53. The summed E-state index contributed by atoms with van der Waals surface area (Å²) < 4.78 is 1.94. The maximum atomic E-state index is 5.59. The Morgan fingerprint density at radius 2 is 2.12 bits per heavy atom. The molecule has 0 aliphatic carbocycles. The van der Waals surface area contributed by atoms with Gasteiger partial charge in [0.2, 0.25) is 0 Å². The van der Waals surface area contributed by atoms with Crippen LogP contribution in [0.5, 0.6) is 0 Å². The molecule has 1 aromatic rings. The summed E-state index contributed by atoms with van der Waals surface area (Å²) in [5, 5.41) is 4.43. The molecule has 1 aromatic heterocycles. The van der Waals surface area contributed by atoms with E-state index in [4.69, 9.17) is 5.84 Å². The van der Waals surface area contributed by atoms with Crippen LogP contribution in [0.1, 0.15) is 43.1 Å². The summed E-state index contributed by atoms with van der Waals surface area (Å²) in [7, 11) is 1.99. The standard InChI is InChI=1S/C12H24N4/c1-5-6-7-11(14-13)8-12-9(2)15-16(4)10(12)3/h11,14H,5-8,13H2,1-4H3. The molecule has 0 saturated heterocycles. The highest BCUT2D eigenvalue weighted by atomic mass is 15.3. The van der Waals surface area contributed by atoms with E-state index in [0.717, 1.165) is 18.5 Å². The fourth-order valence-electron chi connectivity index (χ4n) is 2.05. The molecule has 0 amide bonds. The van der Waals surface area contributed by atoms with Gasteiger partial charge in [-0.2, -0.15) is 5.10 Å². The summed E-state index contributed by atoms with van der Waals surface area (Å²) in [6, 6.07) is 0.363. The van der Waals surface area contributed by atoms with Gasteiger partial charge >= 0.3 is 0 Å². The SMILES string of the molecule is CCCCC(Cc1c(C)nn(C)c1C)NN. The normalized spacial score (nSPS) is 13.1. The lowest BCUT2D eigenvalue weighted by atomic mass is 10.0. The monoisotopic (exact) mass is 224 g/mol. The molecule has 0 aromatic carbocycles. The van der Waals surface area contributed by atoms with Crippen LogP contribution in [0.3, 0.4) is 0 Å². The summed E-state index contributed by atoms with van der Waals surface area (Å²) in [4.78, 5) is 0. The van der Waals surface area contributed by atoms with E-state index in [1.54, 1.807) is 0 Å². The highest BCUT2D eigenvalue weighted by molar-refractivity contribution is 5.25. The summed E-state index contributed by atoms with van der Waals surface area (Å²) in [6.45, 7) is 6.38. The number of nitrogens with two attached hydrogens (primary N) is 1. The lowest BCUT2D eigenvalue weighted by Gasteiger charge is -2.15. The average molecular weight is 224 g/mol. The van der Waals surface area contributed by atoms with Gasteiger partial charge in [-0.3, -0.25) is 16.0 Å². The van der Waals surface area contributed by atoms with Crippen LogP contribution in [0.2, 0.25) is 0 Å². The highest BCUT2D eigenvalue weighted by Crippen LogP contribution is 2.16. The van der Waals surface area contributed by atoms with Crippen LogP contribution >= 0.6 is 0 Å². The predicted molar refractivity (Wildman–Crippen MR) is 67.0 cm³/mol. The van der Waals surface area contributed by atoms with E-state index in [1.807, 2.05) is 11.7 Å². The molecule has 3 N–H and O–H groups in total. The van der Waals surface area contributed by atoms with Gasteiger partial charge in [-0.25, -0.2) is 0 Å². The van der Waals surface area contributed by atoms with Crippen LogP contribution in [-0.2, 0) is 13.5 Å². The van der Waals surface area contributed by atoms with E-state index in [0.29, 0.717) is 6.04 Å². The zero-order valence-electron chi connectivity index (χ0n) is 10.9. The van der Waals surface area contributed by atoms with Gasteiger partial charge in [-0.1, -0.05) is 19.8 Å². The first kappa shape index (κ1) is 13.2. The van der Waals surface area contributed by atoms with Crippen molar-refractivity contribution in [3.05, 3.63) is 17.0 Å². The van der Waals surface area contributed by atoms with Gasteiger partial charge in [-0.05, 0) is 32.3 Å². The minimum absolute atomic E-state index is 0.363. The molecular weight excluding hydrogens is 200 g/mol. The second kappa shape index (κ2) is 6.01. The Labute approximate surface area is 98.2 Å². The number of rotatable bonds is 6. The van der Waals surface area contributed by atoms with Crippen molar-refractivity contribution in [1.29, 1.82) is 0 Å². The van der Waals surface area contributed by atoms with Crippen molar-refractivity contribution < 1.29 is 0 Å². The molecule has 1 atom stereocenters. The minimum Gasteiger partial charge on any atom is -0.272 e. The average Bonchev–Trinajstić information content (AvgIpc) is 2.50. The van der Waals surface area contributed by atoms with Gasteiger partial charge in [-0.15, -0.1) is 0 Å². The van der Waals surface area contributed by atoms with Crippen molar-refractivity contribution >= 4 is 0 Å². The van der Waals surface area contributed by atoms with Gasteiger partial charge in [0.15, 0.2) is 0 Å².